The lowest BCUT2D eigenvalue weighted by molar-refractivity contribution is 0.190. The molecule has 0 aliphatic carbocycles. The molecule has 1 aliphatic rings. The van der Waals surface area contributed by atoms with Gasteiger partial charge in [0.2, 0.25) is 0 Å². The van der Waals surface area contributed by atoms with Crippen LogP contribution in [-0.4, -0.2) is 22.8 Å². The van der Waals surface area contributed by atoms with Gasteiger partial charge in [-0.15, -0.1) is 0 Å². The van der Waals surface area contributed by atoms with Gasteiger partial charge in [0.05, 0.1) is 0 Å². The van der Waals surface area contributed by atoms with Crippen molar-refractivity contribution in [3.05, 3.63) is 34.4 Å². The van der Waals surface area contributed by atoms with Crippen molar-refractivity contribution in [1.29, 1.82) is 0 Å². The zero-order valence-electron chi connectivity index (χ0n) is 12.2. The first-order valence-electron chi connectivity index (χ1n) is 6.57. The summed E-state index contributed by atoms with van der Waals surface area (Å²) in [4.78, 5) is 17.6. The number of benzene rings is 1. The Bertz CT molecular complexity index is 538. The van der Waals surface area contributed by atoms with Crippen molar-refractivity contribution < 1.29 is 4.79 Å². The predicted octanol–water partition coefficient (Wildman–Crippen LogP) is 2.85. The molecule has 0 radical (unpaired) electrons. The summed E-state index contributed by atoms with van der Waals surface area (Å²) in [6.07, 6.45) is 0. The van der Waals surface area contributed by atoms with E-state index >= 15 is 0 Å². The Labute approximate surface area is 114 Å². The molecule has 0 aromatic heterocycles. The smallest absolute Gasteiger partial charge is 0.346 e. The van der Waals surface area contributed by atoms with Crippen LogP contribution in [-0.2, 0) is 0 Å². The Balaban J connectivity index is 2.57. The molecule has 0 bridgehead atoms. The molecule has 0 saturated heterocycles. The molecule has 1 aromatic carbocycles. The number of aliphatic imine (C=N–C) groups is 1. The standard InChI is InChI=1S/C15H21N3O/c1-8(2)18-13(14(16)17-15(18)19)12-10(4)6-9(3)7-11(12)5/h6-8,13H,1-5H3,(H2,16,17,19). The van der Waals surface area contributed by atoms with E-state index in [0.717, 1.165) is 16.7 Å². The number of hydrogen-bond acceptors (Lipinski definition) is 2. The van der Waals surface area contributed by atoms with Crippen molar-refractivity contribution in [2.24, 2.45) is 10.7 Å². The highest BCUT2D eigenvalue weighted by atomic mass is 16.2. The number of nitrogens with two attached hydrogens (primary N) is 1. The second-order valence-corrected chi connectivity index (χ2v) is 5.54. The zero-order chi connectivity index (χ0) is 14.3. The fraction of sp³-hybridized carbons (Fsp3) is 0.467. The van der Waals surface area contributed by atoms with Gasteiger partial charge in [-0.25, -0.2) is 4.79 Å². The minimum Gasteiger partial charge on any atom is -0.385 e. The van der Waals surface area contributed by atoms with Gasteiger partial charge in [-0.1, -0.05) is 17.7 Å². The molecule has 1 unspecified atom stereocenters. The van der Waals surface area contributed by atoms with Crippen LogP contribution in [0.1, 0.15) is 42.1 Å². The molecule has 19 heavy (non-hydrogen) atoms. The van der Waals surface area contributed by atoms with Gasteiger partial charge in [-0.05, 0) is 51.3 Å². The van der Waals surface area contributed by atoms with Gasteiger partial charge in [0.1, 0.15) is 11.9 Å². The number of nitrogens with zero attached hydrogens (tertiary/aromatic N) is 2. The van der Waals surface area contributed by atoms with Gasteiger partial charge in [-0.2, -0.15) is 4.99 Å². The molecule has 1 aromatic rings. The first-order valence-corrected chi connectivity index (χ1v) is 6.57. The molecule has 2 N–H and O–H groups in total. The van der Waals surface area contributed by atoms with E-state index in [-0.39, 0.29) is 18.1 Å². The molecule has 2 amide bonds. The summed E-state index contributed by atoms with van der Waals surface area (Å²) < 4.78 is 0. The Kier molecular flexibility index (Phi) is 3.35. The van der Waals surface area contributed by atoms with E-state index < -0.39 is 0 Å². The van der Waals surface area contributed by atoms with Crippen LogP contribution in [0.15, 0.2) is 17.1 Å². The largest absolute Gasteiger partial charge is 0.385 e. The van der Waals surface area contributed by atoms with E-state index in [9.17, 15) is 4.79 Å². The summed E-state index contributed by atoms with van der Waals surface area (Å²) in [6, 6.07) is 3.85. The fourth-order valence-electron chi connectivity index (χ4n) is 2.91. The maximum atomic E-state index is 12.0. The molecule has 102 valence electrons. The van der Waals surface area contributed by atoms with Crippen LogP contribution in [0.3, 0.4) is 0 Å². The van der Waals surface area contributed by atoms with E-state index in [1.54, 1.807) is 4.90 Å². The van der Waals surface area contributed by atoms with Crippen LogP contribution < -0.4 is 5.73 Å². The van der Waals surface area contributed by atoms with Gasteiger partial charge in [0, 0.05) is 6.04 Å². The van der Waals surface area contributed by atoms with Crippen molar-refractivity contribution in [3.8, 4) is 0 Å². The highest BCUT2D eigenvalue weighted by Gasteiger charge is 2.37. The van der Waals surface area contributed by atoms with E-state index in [1.807, 2.05) is 13.8 Å². The molecule has 0 fully saturated rings. The number of amidine groups is 1. The van der Waals surface area contributed by atoms with Gasteiger partial charge < -0.3 is 10.6 Å². The van der Waals surface area contributed by atoms with Crippen LogP contribution in [0.5, 0.6) is 0 Å². The van der Waals surface area contributed by atoms with E-state index in [4.69, 9.17) is 5.73 Å². The molecular formula is C15H21N3O. The lowest BCUT2D eigenvalue weighted by Crippen LogP contribution is -2.38. The number of rotatable bonds is 2. The summed E-state index contributed by atoms with van der Waals surface area (Å²) in [7, 11) is 0. The van der Waals surface area contributed by atoms with Gasteiger partial charge in [-0.3, -0.25) is 0 Å². The highest BCUT2D eigenvalue weighted by Crippen LogP contribution is 2.33. The van der Waals surface area contributed by atoms with Crippen molar-refractivity contribution >= 4 is 11.9 Å². The lowest BCUT2D eigenvalue weighted by Gasteiger charge is -2.30. The quantitative estimate of drug-likeness (QED) is 0.887. The van der Waals surface area contributed by atoms with Crippen molar-refractivity contribution in [2.75, 3.05) is 0 Å². The molecule has 1 heterocycles. The van der Waals surface area contributed by atoms with Crippen LogP contribution in [0, 0.1) is 20.8 Å². The van der Waals surface area contributed by atoms with E-state index in [1.165, 1.54) is 5.56 Å². The lowest BCUT2D eigenvalue weighted by atomic mass is 9.92. The monoisotopic (exact) mass is 259 g/mol. The molecule has 2 rings (SSSR count). The number of carbonyl (C=O) groups excluding carboxylic acids is 1. The zero-order valence-corrected chi connectivity index (χ0v) is 12.2. The summed E-state index contributed by atoms with van der Waals surface area (Å²) in [5, 5.41) is 0. The Morgan fingerprint density at radius 3 is 2.21 bits per heavy atom. The summed E-state index contributed by atoms with van der Waals surface area (Å²) in [5.41, 5.74) is 10.6. The van der Waals surface area contributed by atoms with Crippen molar-refractivity contribution in [2.45, 2.75) is 46.7 Å². The molecule has 4 heteroatoms. The van der Waals surface area contributed by atoms with Gasteiger partial charge >= 0.3 is 6.03 Å². The summed E-state index contributed by atoms with van der Waals surface area (Å²) >= 11 is 0. The number of hydrogen-bond donors (Lipinski definition) is 1. The van der Waals surface area contributed by atoms with Crippen LogP contribution in [0.2, 0.25) is 0 Å². The molecular weight excluding hydrogens is 238 g/mol. The maximum Gasteiger partial charge on any atom is 0.346 e. The van der Waals surface area contributed by atoms with Gasteiger partial charge in [0.15, 0.2) is 0 Å². The number of aryl methyl sites for hydroxylation is 3. The van der Waals surface area contributed by atoms with Crippen LogP contribution in [0.25, 0.3) is 0 Å². The third-order valence-corrected chi connectivity index (χ3v) is 3.57. The minimum absolute atomic E-state index is 0.0717. The summed E-state index contributed by atoms with van der Waals surface area (Å²) in [5.74, 6) is 0.397. The van der Waals surface area contributed by atoms with Crippen LogP contribution in [0.4, 0.5) is 4.79 Å². The predicted molar refractivity (Wildman–Crippen MR) is 77.4 cm³/mol. The molecule has 4 nitrogen and oxygen atoms in total. The second kappa shape index (κ2) is 4.68. The van der Waals surface area contributed by atoms with Crippen molar-refractivity contribution in [3.63, 3.8) is 0 Å². The number of amides is 2. The third-order valence-electron chi connectivity index (χ3n) is 3.57. The topological polar surface area (TPSA) is 58.7 Å². The second-order valence-electron chi connectivity index (χ2n) is 5.54. The summed E-state index contributed by atoms with van der Waals surface area (Å²) in [6.45, 7) is 10.2. The first kappa shape index (κ1) is 13.6. The Morgan fingerprint density at radius 2 is 1.74 bits per heavy atom. The SMILES string of the molecule is Cc1cc(C)c(C2C(N)=NC(=O)N2C(C)C)c(C)c1. The highest BCUT2D eigenvalue weighted by molar-refractivity contribution is 6.03. The minimum atomic E-state index is -0.239. The average Bonchev–Trinajstić information content (AvgIpc) is 2.52. The molecule has 1 atom stereocenters. The normalized spacial score (nSPS) is 19.3. The number of carbonyl (C=O) groups is 1. The van der Waals surface area contributed by atoms with Crippen LogP contribution >= 0.6 is 0 Å². The van der Waals surface area contributed by atoms with E-state index in [2.05, 4.69) is 37.9 Å². The van der Waals surface area contributed by atoms with Crippen molar-refractivity contribution in [1.82, 2.24) is 4.90 Å². The first-order chi connectivity index (χ1) is 8.82. The van der Waals surface area contributed by atoms with E-state index in [0.29, 0.717) is 5.84 Å². The van der Waals surface area contributed by atoms with Gasteiger partial charge in [0.25, 0.3) is 0 Å². The molecule has 0 spiro atoms. The Morgan fingerprint density at radius 1 is 1.21 bits per heavy atom. The molecule has 0 saturated carbocycles. The third kappa shape index (κ3) is 2.23. The number of urea groups is 1. The Hall–Kier alpha value is -1.84. The maximum absolute atomic E-state index is 12.0. The molecule has 1 aliphatic heterocycles. The average molecular weight is 259 g/mol. The fourth-order valence-corrected chi connectivity index (χ4v) is 2.91.